The number of piperidine rings is 1. The van der Waals surface area contributed by atoms with Crippen LogP contribution in [0.3, 0.4) is 0 Å². The van der Waals surface area contributed by atoms with Gasteiger partial charge in [0.2, 0.25) is 5.91 Å². The van der Waals surface area contributed by atoms with Gasteiger partial charge in [0.15, 0.2) is 0 Å². The van der Waals surface area contributed by atoms with Crippen molar-refractivity contribution < 1.29 is 9.59 Å². The van der Waals surface area contributed by atoms with Gasteiger partial charge < -0.3 is 15.5 Å². The molecule has 1 aromatic rings. The van der Waals surface area contributed by atoms with E-state index in [1.165, 1.54) is 24.6 Å². The summed E-state index contributed by atoms with van der Waals surface area (Å²) in [6.45, 7) is 3.60. The van der Waals surface area contributed by atoms with E-state index in [2.05, 4.69) is 15.6 Å². The summed E-state index contributed by atoms with van der Waals surface area (Å²) < 4.78 is 0. The first kappa shape index (κ1) is 18.7. The second-order valence-corrected chi connectivity index (χ2v) is 9.26. The normalized spacial score (nSPS) is 28.2. The monoisotopic (exact) mass is 388 g/mol. The van der Waals surface area contributed by atoms with Gasteiger partial charge in [-0.25, -0.2) is 4.98 Å². The lowest BCUT2D eigenvalue weighted by Gasteiger charge is -2.29. The van der Waals surface area contributed by atoms with Crippen molar-refractivity contribution in [1.82, 2.24) is 20.5 Å². The van der Waals surface area contributed by atoms with E-state index in [0.29, 0.717) is 22.7 Å². The van der Waals surface area contributed by atoms with Crippen LogP contribution in [0, 0.1) is 0 Å². The van der Waals surface area contributed by atoms with Crippen LogP contribution in [-0.2, 0) is 4.79 Å². The first-order valence-electron chi connectivity index (χ1n) is 10.1. The molecular formula is C20H28N4O2S. The van der Waals surface area contributed by atoms with E-state index in [1.807, 2.05) is 17.9 Å². The molecule has 0 spiro atoms. The number of nitrogens with one attached hydrogen (secondary N) is 2. The molecule has 0 aliphatic carbocycles. The van der Waals surface area contributed by atoms with Crippen LogP contribution in [0.5, 0.6) is 0 Å². The minimum atomic E-state index is -0.237. The molecule has 6 nitrogen and oxygen atoms in total. The summed E-state index contributed by atoms with van der Waals surface area (Å²) in [5.41, 5.74) is 0.578. The quantitative estimate of drug-likeness (QED) is 0.757. The van der Waals surface area contributed by atoms with Crippen molar-refractivity contribution in [3.8, 4) is 0 Å². The van der Waals surface area contributed by atoms with E-state index < -0.39 is 0 Å². The molecule has 1 aromatic heterocycles. The standard InChI is InChI=1S/C20H28N4O2S/c1-13(20(26)24-9-2-3-10-24)27-19-17(5-4-8-21-19)18(25)23-16-11-14-6-7-15(12-16)22-14/h4-5,8,13-16,22H,2-3,6-7,9-12H2,1H3,(H,23,25). The third-order valence-electron chi connectivity index (χ3n) is 5.88. The maximum atomic E-state index is 12.9. The van der Waals surface area contributed by atoms with E-state index in [1.54, 1.807) is 12.3 Å². The number of carbonyl (C=O) groups excluding carboxylic acids is 2. The second kappa shape index (κ2) is 8.19. The van der Waals surface area contributed by atoms with Gasteiger partial charge in [-0.2, -0.15) is 0 Å². The first-order valence-corrected chi connectivity index (χ1v) is 11.0. The molecule has 2 amide bonds. The molecule has 2 N–H and O–H groups in total. The van der Waals surface area contributed by atoms with Gasteiger partial charge in [-0.3, -0.25) is 9.59 Å². The number of thioether (sulfide) groups is 1. The van der Waals surface area contributed by atoms with Crippen molar-refractivity contribution in [3.05, 3.63) is 23.9 Å². The number of fused-ring (bicyclic) bond motifs is 2. The summed E-state index contributed by atoms with van der Waals surface area (Å²) in [7, 11) is 0. The zero-order valence-electron chi connectivity index (χ0n) is 15.8. The van der Waals surface area contributed by atoms with Gasteiger partial charge in [0.1, 0.15) is 5.03 Å². The Labute approximate surface area is 164 Å². The Morgan fingerprint density at radius 2 is 1.96 bits per heavy atom. The number of hydrogen-bond donors (Lipinski definition) is 2. The molecule has 0 saturated carbocycles. The predicted molar refractivity (Wildman–Crippen MR) is 106 cm³/mol. The number of rotatable bonds is 5. The van der Waals surface area contributed by atoms with Gasteiger partial charge >= 0.3 is 0 Å². The minimum absolute atomic E-state index is 0.0716. The molecule has 3 aliphatic rings. The van der Waals surface area contributed by atoms with Crippen molar-refractivity contribution in [3.63, 3.8) is 0 Å². The summed E-state index contributed by atoms with van der Waals surface area (Å²) >= 11 is 1.39. The predicted octanol–water partition coefficient (Wildman–Crippen LogP) is 2.20. The van der Waals surface area contributed by atoms with Gasteiger partial charge in [-0.1, -0.05) is 11.8 Å². The van der Waals surface area contributed by atoms with Gasteiger partial charge in [0, 0.05) is 37.4 Å². The number of carbonyl (C=O) groups is 2. The molecule has 3 atom stereocenters. The Morgan fingerprint density at radius 1 is 1.26 bits per heavy atom. The molecule has 146 valence electrons. The molecule has 7 heteroatoms. The Kier molecular flexibility index (Phi) is 5.68. The van der Waals surface area contributed by atoms with Crippen LogP contribution in [-0.4, -0.2) is 58.2 Å². The Morgan fingerprint density at radius 3 is 2.67 bits per heavy atom. The fourth-order valence-electron chi connectivity index (χ4n) is 4.51. The smallest absolute Gasteiger partial charge is 0.254 e. The molecule has 4 heterocycles. The zero-order chi connectivity index (χ0) is 18.8. The van der Waals surface area contributed by atoms with Gasteiger partial charge in [0.05, 0.1) is 10.8 Å². The molecular weight excluding hydrogens is 360 g/mol. The molecule has 3 fully saturated rings. The number of nitrogens with zero attached hydrogens (tertiary/aromatic N) is 2. The fraction of sp³-hybridized carbons (Fsp3) is 0.650. The van der Waals surface area contributed by atoms with Crippen molar-refractivity contribution in [2.75, 3.05) is 13.1 Å². The van der Waals surface area contributed by atoms with Crippen LogP contribution in [0.4, 0.5) is 0 Å². The van der Waals surface area contributed by atoms with Gasteiger partial charge in [-0.15, -0.1) is 0 Å². The van der Waals surface area contributed by atoms with Crippen LogP contribution in [0.2, 0.25) is 0 Å². The van der Waals surface area contributed by atoms with E-state index >= 15 is 0 Å². The number of hydrogen-bond acceptors (Lipinski definition) is 5. The average Bonchev–Trinajstić information content (AvgIpc) is 3.31. The summed E-state index contributed by atoms with van der Waals surface area (Å²) in [6.07, 6.45) is 8.26. The molecule has 27 heavy (non-hydrogen) atoms. The highest BCUT2D eigenvalue weighted by atomic mass is 32.2. The van der Waals surface area contributed by atoms with Crippen LogP contribution in [0.25, 0.3) is 0 Å². The maximum absolute atomic E-state index is 12.9. The Hall–Kier alpha value is -1.60. The van der Waals surface area contributed by atoms with E-state index in [9.17, 15) is 9.59 Å². The highest BCUT2D eigenvalue weighted by Crippen LogP contribution is 2.29. The van der Waals surface area contributed by atoms with E-state index in [0.717, 1.165) is 38.8 Å². The largest absolute Gasteiger partial charge is 0.349 e. The first-order chi connectivity index (χ1) is 13.1. The third kappa shape index (κ3) is 4.29. The summed E-state index contributed by atoms with van der Waals surface area (Å²) in [6, 6.07) is 4.90. The molecule has 3 aliphatic heterocycles. The highest BCUT2D eigenvalue weighted by molar-refractivity contribution is 8.00. The number of pyridine rings is 1. The molecule has 2 bridgehead atoms. The van der Waals surface area contributed by atoms with Crippen molar-refractivity contribution in [1.29, 1.82) is 0 Å². The topological polar surface area (TPSA) is 74.3 Å². The van der Waals surface area contributed by atoms with Crippen molar-refractivity contribution in [2.45, 2.75) is 73.9 Å². The van der Waals surface area contributed by atoms with E-state index in [-0.39, 0.29) is 23.1 Å². The van der Waals surface area contributed by atoms with Crippen molar-refractivity contribution in [2.24, 2.45) is 0 Å². The average molecular weight is 389 g/mol. The summed E-state index contributed by atoms with van der Waals surface area (Å²) in [5, 5.41) is 7.21. The summed E-state index contributed by atoms with van der Waals surface area (Å²) in [5.74, 6) is 0.0714. The highest BCUT2D eigenvalue weighted by Gasteiger charge is 2.34. The second-order valence-electron chi connectivity index (χ2n) is 7.93. The summed E-state index contributed by atoms with van der Waals surface area (Å²) in [4.78, 5) is 31.8. The third-order valence-corrected chi connectivity index (χ3v) is 6.98. The lowest BCUT2D eigenvalue weighted by molar-refractivity contribution is -0.129. The van der Waals surface area contributed by atoms with Crippen LogP contribution in [0.1, 0.15) is 55.8 Å². The van der Waals surface area contributed by atoms with Crippen LogP contribution in [0.15, 0.2) is 23.4 Å². The SMILES string of the molecule is CC(Sc1ncccc1C(=O)NC1CC2CCC(C1)N2)C(=O)N1CCCC1. The van der Waals surface area contributed by atoms with Crippen LogP contribution < -0.4 is 10.6 Å². The number of likely N-dealkylation sites (tertiary alicyclic amines) is 1. The number of amides is 2. The molecule has 0 radical (unpaired) electrons. The van der Waals surface area contributed by atoms with Crippen molar-refractivity contribution >= 4 is 23.6 Å². The zero-order valence-corrected chi connectivity index (χ0v) is 16.6. The maximum Gasteiger partial charge on any atom is 0.254 e. The molecule has 0 aromatic carbocycles. The lowest BCUT2D eigenvalue weighted by Crippen LogP contribution is -2.48. The molecule has 3 saturated heterocycles. The van der Waals surface area contributed by atoms with Gasteiger partial charge in [0.25, 0.3) is 5.91 Å². The van der Waals surface area contributed by atoms with E-state index in [4.69, 9.17) is 0 Å². The molecule has 3 unspecified atom stereocenters. The fourth-order valence-corrected chi connectivity index (χ4v) is 5.50. The van der Waals surface area contributed by atoms with Gasteiger partial charge in [-0.05, 0) is 57.6 Å². The Balaban J connectivity index is 1.41. The minimum Gasteiger partial charge on any atom is -0.349 e. The Bertz CT molecular complexity index is 695. The van der Waals surface area contributed by atoms with Crippen LogP contribution >= 0.6 is 11.8 Å². The number of aromatic nitrogens is 1. The lowest BCUT2D eigenvalue weighted by atomic mass is 9.99. The molecule has 4 rings (SSSR count).